The minimum atomic E-state index is -0.0414. The van der Waals surface area contributed by atoms with Crippen molar-refractivity contribution >= 4 is 29.2 Å². The lowest BCUT2D eigenvalue weighted by Gasteiger charge is -2.40. The van der Waals surface area contributed by atoms with Crippen LogP contribution >= 0.6 is 23.2 Å². The third-order valence-corrected chi connectivity index (χ3v) is 7.43. The smallest absolute Gasteiger partial charge is 0.317 e. The molecule has 1 N–H and O–H groups in total. The number of halogens is 2. The molecule has 2 saturated heterocycles. The van der Waals surface area contributed by atoms with E-state index < -0.39 is 0 Å². The van der Waals surface area contributed by atoms with Gasteiger partial charge in [-0.3, -0.25) is 4.90 Å². The summed E-state index contributed by atoms with van der Waals surface area (Å²) < 4.78 is 5.26. The van der Waals surface area contributed by atoms with Crippen LogP contribution < -0.4 is 10.1 Å². The molecule has 8 heteroatoms. The third-order valence-electron chi connectivity index (χ3n) is 6.69. The van der Waals surface area contributed by atoms with Crippen molar-refractivity contribution in [1.29, 1.82) is 5.26 Å². The number of nitrogens with one attached hydrogen (secondary N) is 1. The Morgan fingerprint density at radius 1 is 1.12 bits per heavy atom. The zero-order chi connectivity index (χ0) is 23.4. The fourth-order valence-corrected chi connectivity index (χ4v) is 5.32. The predicted molar refractivity (Wildman–Crippen MR) is 130 cm³/mol. The molecule has 1 atom stereocenters. The van der Waals surface area contributed by atoms with E-state index in [-0.39, 0.29) is 11.4 Å². The number of urea groups is 1. The maximum absolute atomic E-state index is 12.9. The molecule has 174 valence electrons. The Hall–Kier alpha value is -2.46. The van der Waals surface area contributed by atoms with Crippen LogP contribution in [-0.4, -0.2) is 49.1 Å². The molecule has 2 amide bonds. The van der Waals surface area contributed by atoms with Gasteiger partial charge in [0, 0.05) is 38.1 Å². The van der Waals surface area contributed by atoms with Crippen molar-refractivity contribution in [2.75, 3.05) is 33.3 Å². The van der Waals surface area contributed by atoms with E-state index in [1.807, 2.05) is 29.2 Å². The second-order valence-corrected chi connectivity index (χ2v) is 9.85. The Balaban J connectivity index is 1.33. The fourth-order valence-electron chi connectivity index (χ4n) is 5.00. The molecule has 0 bridgehead atoms. The number of hydrogen-bond donors (Lipinski definition) is 1. The van der Waals surface area contributed by atoms with Crippen LogP contribution in [0.2, 0.25) is 10.0 Å². The van der Waals surface area contributed by atoms with Gasteiger partial charge in [-0.15, -0.1) is 0 Å². The zero-order valence-electron chi connectivity index (χ0n) is 18.7. The van der Waals surface area contributed by atoms with Crippen molar-refractivity contribution < 1.29 is 9.53 Å². The lowest BCUT2D eigenvalue weighted by atomic mass is 9.79. The van der Waals surface area contributed by atoms with Crippen molar-refractivity contribution in [2.45, 2.75) is 32.4 Å². The number of nitriles is 1. The average molecular weight is 487 g/mol. The van der Waals surface area contributed by atoms with Gasteiger partial charge in [0.15, 0.2) is 0 Å². The predicted octanol–water partition coefficient (Wildman–Crippen LogP) is 5.07. The lowest BCUT2D eigenvalue weighted by Crippen LogP contribution is -2.50. The molecular weight excluding hydrogens is 459 g/mol. The molecule has 0 saturated carbocycles. The van der Waals surface area contributed by atoms with Gasteiger partial charge in [0.1, 0.15) is 11.8 Å². The minimum absolute atomic E-state index is 0.0414. The number of benzene rings is 2. The molecule has 6 nitrogen and oxygen atoms in total. The first-order valence-corrected chi connectivity index (χ1v) is 11.9. The Kier molecular flexibility index (Phi) is 7.33. The molecule has 0 aromatic heterocycles. The van der Waals surface area contributed by atoms with E-state index in [4.69, 9.17) is 33.2 Å². The maximum Gasteiger partial charge on any atom is 0.317 e. The zero-order valence-corrected chi connectivity index (χ0v) is 20.3. The van der Waals surface area contributed by atoms with Crippen LogP contribution in [0, 0.1) is 16.7 Å². The first-order chi connectivity index (χ1) is 15.9. The minimum Gasteiger partial charge on any atom is -0.495 e. The standard InChI is InChI=1S/C25H28Cl2N4O2/c1-33-23-12-18(3-5-20(23)13-28)14-29-24(32)31-9-2-7-25(17-31)8-10-30(16-25)15-19-4-6-21(26)22(27)11-19/h3-6,11-12H,2,7-10,14-17H2,1H3,(H,29,32). The summed E-state index contributed by atoms with van der Waals surface area (Å²) in [7, 11) is 1.54. The number of amides is 2. The third kappa shape index (κ3) is 5.55. The highest BCUT2D eigenvalue weighted by Crippen LogP contribution is 2.39. The van der Waals surface area contributed by atoms with Crippen molar-refractivity contribution in [3.63, 3.8) is 0 Å². The van der Waals surface area contributed by atoms with Crippen LogP contribution in [0.3, 0.4) is 0 Å². The van der Waals surface area contributed by atoms with Crippen LogP contribution in [0.1, 0.15) is 36.0 Å². The Morgan fingerprint density at radius 3 is 2.70 bits per heavy atom. The molecule has 4 rings (SSSR count). The van der Waals surface area contributed by atoms with Crippen molar-refractivity contribution in [3.8, 4) is 11.8 Å². The number of piperidine rings is 1. The summed E-state index contributed by atoms with van der Waals surface area (Å²) in [4.78, 5) is 17.3. The van der Waals surface area contributed by atoms with E-state index in [0.717, 1.165) is 63.1 Å². The second kappa shape index (κ2) is 10.2. The van der Waals surface area contributed by atoms with Crippen LogP contribution in [0.15, 0.2) is 36.4 Å². The summed E-state index contributed by atoms with van der Waals surface area (Å²) in [6.07, 6.45) is 3.24. The van der Waals surface area contributed by atoms with Crippen LogP contribution in [0.25, 0.3) is 0 Å². The number of carbonyl (C=O) groups is 1. The fraction of sp³-hybridized carbons (Fsp3) is 0.440. The molecule has 0 radical (unpaired) electrons. The van der Waals surface area contributed by atoms with Gasteiger partial charge in [-0.25, -0.2) is 4.79 Å². The second-order valence-electron chi connectivity index (χ2n) is 9.04. The molecule has 2 fully saturated rings. The quantitative estimate of drug-likeness (QED) is 0.640. The van der Waals surface area contributed by atoms with Crippen molar-refractivity contribution in [2.24, 2.45) is 5.41 Å². The van der Waals surface area contributed by atoms with Gasteiger partial charge in [0.2, 0.25) is 0 Å². The van der Waals surface area contributed by atoms with E-state index in [1.165, 1.54) is 7.11 Å². The average Bonchev–Trinajstić information content (AvgIpc) is 3.20. The highest BCUT2D eigenvalue weighted by molar-refractivity contribution is 6.42. The first-order valence-electron chi connectivity index (χ1n) is 11.2. The number of rotatable bonds is 5. The Morgan fingerprint density at radius 2 is 1.94 bits per heavy atom. The van der Waals surface area contributed by atoms with E-state index in [9.17, 15) is 4.79 Å². The molecule has 1 unspecified atom stereocenters. The van der Waals surface area contributed by atoms with Gasteiger partial charge in [-0.05, 0) is 61.2 Å². The maximum atomic E-state index is 12.9. The van der Waals surface area contributed by atoms with Crippen LogP contribution in [-0.2, 0) is 13.1 Å². The molecule has 33 heavy (non-hydrogen) atoms. The largest absolute Gasteiger partial charge is 0.495 e. The number of carbonyl (C=O) groups excluding carboxylic acids is 1. The van der Waals surface area contributed by atoms with Crippen molar-refractivity contribution in [3.05, 3.63) is 63.1 Å². The molecule has 2 aromatic rings. The summed E-state index contributed by atoms with van der Waals surface area (Å²) in [6, 6.07) is 13.2. The lowest BCUT2D eigenvalue weighted by molar-refractivity contribution is 0.107. The molecule has 1 spiro atoms. The monoisotopic (exact) mass is 486 g/mol. The molecule has 0 aliphatic carbocycles. The van der Waals surface area contributed by atoms with Gasteiger partial charge >= 0.3 is 6.03 Å². The number of methoxy groups -OCH3 is 1. The summed E-state index contributed by atoms with van der Waals surface area (Å²) in [6.45, 7) is 4.77. The van der Waals surface area contributed by atoms with Gasteiger partial charge in [0.05, 0.1) is 22.7 Å². The van der Waals surface area contributed by atoms with Crippen LogP contribution in [0.4, 0.5) is 4.79 Å². The molecule has 2 aromatic carbocycles. The van der Waals surface area contributed by atoms with Crippen molar-refractivity contribution in [1.82, 2.24) is 15.1 Å². The van der Waals surface area contributed by atoms with Gasteiger partial charge in [-0.1, -0.05) is 35.3 Å². The molecule has 2 aliphatic rings. The number of nitrogens with zero attached hydrogens (tertiary/aromatic N) is 3. The van der Waals surface area contributed by atoms with E-state index in [2.05, 4.69) is 16.3 Å². The van der Waals surface area contributed by atoms with E-state index in [1.54, 1.807) is 12.1 Å². The van der Waals surface area contributed by atoms with Crippen LogP contribution in [0.5, 0.6) is 5.75 Å². The molecule has 2 heterocycles. The number of likely N-dealkylation sites (tertiary alicyclic amines) is 2. The normalized spacial score (nSPS) is 20.6. The van der Waals surface area contributed by atoms with Gasteiger partial charge in [0.25, 0.3) is 0 Å². The highest BCUT2D eigenvalue weighted by Gasteiger charge is 2.42. The molecule has 2 aliphatic heterocycles. The highest BCUT2D eigenvalue weighted by atomic mass is 35.5. The van der Waals surface area contributed by atoms with E-state index in [0.29, 0.717) is 27.9 Å². The van der Waals surface area contributed by atoms with E-state index >= 15 is 0 Å². The summed E-state index contributed by atoms with van der Waals surface area (Å²) >= 11 is 12.2. The SMILES string of the molecule is COc1cc(CNC(=O)N2CCCC3(CCN(Cc4ccc(Cl)c(Cl)c4)C3)C2)ccc1C#N. The topological polar surface area (TPSA) is 68.6 Å². The first kappa shape index (κ1) is 23.7. The Bertz CT molecular complexity index is 1070. The van der Waals surface area contributed by atoms with Gasteiger partial charge in [-0.2, -0.15) is 5.26 Å². The van der Waals surface area contributed by atoms with Gasteiger partial charge < -0.3 is 15.0 Å². The number of ether oxygens (including phenoxy) is 1. The summed E-state index contributed by atoms with van der Waals surface area (Å²) in [5, 5.41) is 13.3. The summed E-state index contributed by atoms with van der Waals surface area (Å²) in [5.74, 6) is 0.522. The number of hydrogen-bond acceptors (Lipinski definition) is 4. The summed E-state index contributed by atoms with van der Waals surface area (Å²) in [5.41, 5.74) is 2.69. The Labute approximate surface area is 205 Å². The molecular formula is C25H28Cl2N4O2.